The Hall–Kier alpha value is -1.92. The van der Waals surface area contributed by atoms with E-state index in [1.807, 2.05) is 13.0 Å². The third-order valence-corrected chi connectivity index (χ3v) is 2.41. The number of hydrogen-bond acceptors (Lipinski definition) is 3. The smallest absolute Gasteiger partial charge is 0.131 e. The van der Waals surface area contributed by atoms with Crippen LogP contribution in [0.5, 0.6) is 0 Å². The summed E-state index contributed by atoms with van der Waals surface area (Å²) in [6.45, 7) is 1.94. The number of nitrogens with zero attached hydrogens (tertiary/aromatic N) is 3. The summed E-state index contributed by atoms with van der Waals surface area (Å²) in [4.78, 5) is 8.21. The standard InChI is InChI=1S/C12H8ClN3/c1-8-7-15-3-2-10(8)11-4-9(6-14)5-12(13)16-11/h2-5,7H,1H3. The number of pyridine rings is 2. The van der Waals surface area contributed by atoms with Crippen LogP contribution in [0.3, 0.4) is 0 Å². The normalized spacial score (nSPS) is 9.81. The predicted molar refractivity (Wildman–Crippen MR) is 61.9 cm³/mol. The molecular formula is C12H8ClN3. The van der Waals surface area contributed by atoms with Gasteiger partial charge in [0, 0.05) is 18.0 Å². The topological polar surface area (TPSA) is 49.6 Å². The van der Waals surface area contributed by atoms with Crippen LogP contribution in [-0.4, -0.2) is 9.97 Å². The minimum atomic E-state index is 0.324. The highest BCUT2D eigenvalue weighted by Gasteiger charge is 2.06. The van der Waals surface area contributed by atoms with Crippen molar-refractivity contribution in [3.63, 3.8) is 0 Å². The number of rotatable bonds is 1. The van der Waals surface area contributed by atoms with Crippen LogP contribution >= 0.6 is 11.6 Å². The van der Waals surface area contributed by atoms with E-state index in [1.54, 1.807) is 24.5 Å². The molecule has 0 aromatic carbocycles. The molecule has 0 fully saturated rings. The molecule has 0 aliphatic rings. The zero-order valence-corrected chi connectivity index (χ0v) is 9.36. The van der Waals surface area contributed by atoms with E-state index in [2.05, 4.69) is 16.0 Å². The minimum Gasteiger partial charge on any atom is -0.264 e. The van der Waals surface area contributed by atoms with Crippen molar-refractivity contribution in [2.75, 3.05) is 0 Å². The van der Waals surface area contributed by atoms with Crippen molar-refractivity contribution in [3.8, 4) is 17.3 Å². The van der Waals surface area contributed by atoms with Gasteiger partial charge in [0.1, 0.15) is 5.15 Å². The van der Waals surface area contributed by atoms with Crippen LogP contribution in [0.25, 0.3) is 11.3 Å². The average molecular weight is 230 g/mol. The second kappa shape index (κ2) is 4.30. The molecule has 0 bridgehead atoms. The third-order valence-electron chi connectivity index (χ3n) is 2.22. The Morgan fingerprint density at radius 2 is 2.19 bits per heavy atom. The number of aryl methyl sites for hydroxylation is 1. The summed E-state index contributed by atoms with van der Waals surface area (Å²) in [5.74, 6) is 0. The lowest BCUT2D eigenvalue weighted by Crippen LogP contribution is -1.90. The Morgan fingerprint density at radius 1 is 1.38 bits per heavy atom. The molecule has 4 heteroatoms. The molecule has 0 aliphatic carbocycles. The Kier molecular flexibility index (Phi) is 2.84. The van der Waals surface area contributed by atoms with Crippen molar-refractivity contribution >= 4 is 11.6 Å². The van der Waals surface area contributed by atoms with Gasteiger partial charge >= 0.3 is 0 Å². The van der Waals surface area contributed by atoms with Crippen molar-refractivity contribution in [1.82, 2.24) is 9.97 Å². The highest BCUT2D eigenvalue weighted by atomic mass is 35.5. The quantitative estimate of drug-likeness (QED) is 0.707. The molecule has 0 N–H and O–H groups in total. The van der Waals surface area contributed by atoms with E-state index >= 15 is 0 Å². The first-order chi connectivity index (χ1) is 7.70. The molecule has 0 atom stereocenters. The van der Waals surface area contributed by atoms with E-state index in [-0.39, 0.29) is 0 Å². The molecule has 2 aromatic rings. The molecule has 0 saturated heterocycles. The molecule has 0 unspecified atom stereocenters. The number of hydrogen-bond donors (Lipinski definition) is 0. The van der Waals surface area contributed by atoms with Crippen LogP contribution in [0.15, 0.2) is 30.6 Å². The monoisotopic (exact) mass is 229 g/mol. The molecule has 0 aliphatic heterocycles. The molecule has 3 nitrogen and oxygen atoms in total. The van der Waals surface area contributed by atoms with E-state index in [4.69, 9.17) is 16.9 Å². The summed E-state index contributed by atoms with van der Waals surface area (Å²) >= 11 is 5.85. The van der Waals surface area contributed by atoms with Crippen LogP contribution in [0.4, 0.5) is 0 Å². The second-order valence-corrected chi connectivity index (χ2v) is 3.75. The SMILES string of the molecule is Cc1cnccc1-c1cc(C#N)cc(Cl)n1. The van der Waals surface area contributed by atoms with Gasteiger partial charge in [-0.05, 0) is 30.7 Å². The van der Waals surface area contributed by atoms with Gasteiger partial charge in [0.25, 0.3) is 0 Å². The highest BCUT2D eigenvalue weighted by molar-refractivity contribution is 6.29. The van der Waals surface area contributed by atoms with Crippen LogP contribution in [0.2, 0.25) is 5.15 Å². The van der Waals surface area contributed by atoms with Crippen molar-refractivity contribution < 1.29 is 0 Å². The summed E-state index contributed by atoms with van der Waals surface area (Å²) in [7, 11) is 0. The minimum absolute atomic E-state index is 0.324. The zero-order chi connectivity index (χ0) is 11.5. The maximum atomic E-state index is 8.85. The number of nitriles is 1. The summed E-state index contributed by atoms with van der Waals surface area (Å²) in [6, 6.07) is 7.17. The lowest BCUT2D eigenvalue weighted by molar-refractivity contribution is 1.24. The van der Waals surface area contributed by atoms with Gasteiger partial charge < -0.3 is 0 Å². The van der Waals surface area contributed by atoms with Gasteiger partial charge in [0.15, 0.2) is 0 Å². The van der Waals surface area contributed by atoms with Crippen molar-refractivity contribution in [2.45, 2.75) is 6.92 Å². The first-order valence-corrected chi connectivity index (χ1v) is 5.07. The van der Waals surface area contributed by atoms with Crippen molar-refractivity contribution in [1.29, 1.82) is 5.26 Å². The molecule has 0 spiro atoms. The van der Waals surface area contributed by atoms with Crippen LogP contribution in [0.1, 0.15) is 11.1 Å². The van der Waals surface area contributed by atoms with E-state index in [0.717, 1.165) is 11.1 Å². The maximum absolute atomic E-state index is 8.85. The van der Waals surface area contributed by atoms with Crippen LogP contribution in [0, 0.1) is 18.3 Å². The van der Waals surface area contributed by atoms with Gasteiger partial charge in [-0.3, -0.25) is 4.98 Å². The fraction of sp³-hybridized carbons (Fsp3) is 0.0833. The van der Waals surface area contributed by atoms with Crippen LogP contribution < -0.4 is 0 Å². The highest BCUT2D eigenvalue weighted by Crippen LogP contribution is 2.23. The lowest BCUT2D eigenvalue weighted by atomic mass is 10.1. The second-order valence-electron chi connectivity index (χ2n) is 3.37. The molecule has 16 heavy (non-hydrogen) atoms. The van der Waals surface area contributed by atoms with E-state index in [9.17, 15) is 0 Å². The Morgan fingerprint density at radius 3 is 2.88 bits per heavy atom. The van der Waals surface area contributed by atoms with Crippen LogP contribution in [-0.2, 0) is 0 Å². The fourth-order valence-electron chi connectivity index (χ4n) is 1.46. The summed E-state index contributed by atoms with van der Waals surface area (Å²) in [5.41, 5.74) is 3.14. The predicted octanol–water partition coefficient (Wildman–Crippen LogP) is 2.98. The Labute approximate surface area is 98.4 Å². The van der Waals surface area contributed by atoms with E-state index in [0.29, 0.717) is 16.4 Å². The molecule has 0 amide bonds. The summed E-state index contributed by atoms with van der Waals surface area (Å²) < 4.78 is 0. The van der Waals surface area contributed by atoms with Gasteiger partial charge in [-0.2, -0.15) is 5.26 Å². The summed E-state index contributed by atoms with van der Waals surface area (Å²) in [5, 5.41) is 9.18. The van der Waals surface area contributed by atoms with Crippen molar-refractivity contribution in [3.05, 3.63) is 46.9 Å². The molecule has 78 valence electrons. The Bertz CT molecular complexity index is 573. The first-order valence-electron chi connectivity index (χ1n) is 4.69. The molecule has 0 radical (unpaired) electrons. The number of halogens is 1. The van der Waals surface area contributed by atoms with E-state index in [1.165, 1.54) is 0 Å². The van der Waals surface area contributed by atoms with Crippen molar-refractivity contribution in [2.24, 2.45) is 0 Å². The largest absolute Gasteiger partial charge is 0.264 e. The van der Waals surface area contributed by atoms with Gasteiger partial charge in [-0.1, -0.05) is 11.6 Å². The molecular weight excluding hydrogens is 222 g/mol. The third kappa shape index (κ3) is 2.02. The number of aromatic nitrogens is 2. The van der Waals surface area contributed by atoms with Gasteiger partial charge in [-0.25, -0.2) is 4.98 Å². The summed E-state index contributed by atoms with van der Waals surface area (Å²) in [6.07, 6.45) is 3.45. The first kappa shape index (κ1) is 10.6. The van der Waals surface area contributed by atoms with Gasteiger partial charge in [0.05, 0.1) is 17.3 Å². The van der Waals surface area contributed by atoms with E-state index < -0.39 is 0 Å². The maximum Gasteiger partial charge on any atom is 0.131 e. The molecule has 2 heterocycles. The molecule has 0 saturated carbocycles. The molecule has 2 rings (SSSR count). The average Bonchev–Trinajstić information content (AvgIpc) is 2.28. The fourth-order valence-corrected chi connectivity index (χ4v) is 1.67. The molecule has 2 aromatic heterocycles. The Balaban J connectivity index is 2.61. The lowest BCUT2D eigenvalue weighted by Gasteiger charge is -2.04. The van der Waals surface area contributed by atoms with Gasteiger partial charge in [0.2, 0.25) is 0 Å². The van der Waals surface area contributed by atoms with Gasteiger partial charge in [-0.15, -0.1) is 0 Å². The zero-order valence-electron chi connectivity index (χ0n) is 8.61.